The highest BCUT2D eigenvalue weighted by Gasteiger charge is 2.20. The first-order valence-electron chi connectivity index (χ1n) is 6.87. The third-order valence-corrected chi connectivity index (χ3v) is 3.60. The SMILES string of the molecule is COc1ccccc1C(=O)N(C)CCN(C)C(C)(C)C. The smallest absolute Gasteiger partial charge is 0.257 e. The van der Waals surface area contributed by atoms with Crippen molar-refractivity contribution in [1.82, 2.24) is 9.80 Å². The summed E-state index contributed by atoms with van der Waals surface area (Å²) in [5.41, 5.74) is 0.713. The van der Waals surface area contributed by atoms with Crippen LogP contribution in [0.2, 0.25) is 0 Å². The summed E-state index contributed by atoms with van der Waals surface area (Å²) < 4.78 is 5.24. The Kier molecular flexibility index (Phi) is 5.57. The minimum absolute atomic E-state index is 0.00948. The molecule has 1 aromatic rings. The number of ether oxygens (including phenoxy) is 1. The van der Waals surface area contributed by atoms with E-state index in [0.717, 1.165) is 6.54 Å². The average Bonchev–Trinajstić information content (AvgIpc) is 2.42. The molecular weight excluding hydrogens is 252 g/mol. The van der Waals surface area contributed by atoms with Gasteiger partial charge in [-0.05, 0) is 40.0 Å². The number of benzene rings is 1. The Balaban J connectivity index is 2.68. The molecule has 0 bridgehead atoms. The lowest BCUT2D eigenvalue weighted by Crippen LogP contribution is -2.43. The fourth-order valence-electron chi connectivity index (χ4n) is 1.76. The van der Waals surface area contributed by atoms with Gasteiger partial charge in [0.05, 0.1) is 12.7 Å². The molecule has 0 aliphatic carbocycles. The van der Waals surface area contributed by atoms with Crippen molar-refractivity contribution in [3.63, 3.8) is 0 Å². The minimum atomic E-state index is -0.00948. The minimum Gasteiger partial charge on any atom is -0.496 e. The fraction of sp³-hybridized carbons (Fsp3) is 0.562. The number of carbonyl (C=O) groups is 1. The molecule has 0 saturated heterocycles. The predicted octanol–water partition coefficient (Wildman–Crippen LogP) is 2.50. The molecule has 0 radical (unpaired) electrons. The molecule has 0 aliphatic rings. The van der Waals surface area contributed by atoms with Gasteiger partial charge >= 0.3 is 0 Å². The number of para-hydroxylation sites is 1. The molecular formula is C16H26N2O2. The zero-order chi connectivity index (χ0) is 15.3. The second-order valence-electron chi connectivity index (χ2n) is 6.02. The molecule has 1 aromatic carbocycles. The fourth-order valence-corrected chi connectivity index (χ4v) is 1.76. The van der Waals surface area contributed by atoms with Gasteiger partial charge in [0.15, 0.2) is 0 Å². The molecule has 0 heterocycles. The number of methoxy groups -OCH3 is 1. The number of carbonyl (C=O) groups excluding carboxylic acids is 1. The van der Waals surface area contributed by atoms with Crippen LogP contribution < -0.4 is 4.74 Å². The molecule has 0 N–H and O–H groups in total. The van der Waals surface area contributed by atoms with Crippen LogP contribution in [-0.2, 0) is 0 Å². The van der Waals surface area contributed by atoms with E-state index in [2.05, 4.69) is 32.7 Å². The number of likely N-dealkylation sites (N-methyl/N-ethyl adjacent to an activating group) is 2. The molecule has 1 amide bonds. The Bertz CT molecular complexity index is 452. The zero-order valence-corrected chi connectivity index (χ0v) is 13.4. The Hall–Kier alpha value is -1.55. The van der Waals surface area contributed by atoms with Gasteiger partial charge in [0, 0.05) is 25.7 Å². The largest absolute Gasteiger partial charge is 0.496 e. The molecule has 0 unspecified atom stereocenters. The summed E-state index contributed by atoms with van der Waals surface area (Å²) in [7, 11) is 5.48. The van der Waals surface area contributed by atoms with Crippen LogP contribution in [0.5, 0.6) is 5.75 Å². The van der Waals surface area contributed by atoms with E-state index in [4.69, 9.17) is 4.74 Å². The van der Waals surface area contributed by atoms with Gasteiger partial charge < -0.3 is 9.64 Å². The van der Waals surface area contributed by atoms with E-state index in [1.165, 1.54) is 0 Å². The molecule has 20 heavy (non-hydrogen) atoms. The summed E-state index contributed by atoms with van der Waals surface area (Å²) in [5, 5.41) is 0. The maximum atomic E-state index is 12.4. The summed E-state index contributed by atoms with van der Waals surface area (Å²) in [6.07, 6.45) is 0. The maximum absolute atomic E-state index is 12.4. The van der Waals surface area contributed by atoms with E-state index in [1.54, 1.807) is 18.1 Å². The van der Waals surface area contributed by atoms with Gasteiger partial charge in [-0.3, -0.25) is 9.69 Å². The summed E-state index contributed by atoms with van der Waals surface area (Å²) in [4.78, 5) is 16.4. The van der Waals surface area contributed by atoms with Crippen LogP contribution in [0.1, 0.15) is 31.1 Å². The van der Waals surface area contributed by atoms with Crippen molar-refractivity contribution < 1.29 is 9.53 Å². The maximum Gasteiger partial charge on any atom is 0.257 e. The zero-order valence-electron chi connectivity index (χ0n) is 13.4. The van der Waals surface area contributed by atoms with Gasteiger partial charge in [0.25, 0.3) is 5.91 Å². The van der Waals surface area contributed by atoms with E-state index in [0.29, 0.717) is 17.9 Å². The Morgan fingerprint density at radius 3 is 2.30 bits per heavy atom. The van der Waals surface area contributed by atoms with E-state index >= 15 is 0 Å². The predicted molar refractivity (Wildman–Crippen MR) is 82.3 cm³/mol. The van der Waals surface area contributed by atoms with Crippen molar-refractivity contribution in [2.24, 2.45) is 0 Å². The highest BCUT2D eigenvalue weighted by molar-refractivity contribution is 5.96. The topological polar surface area (TPSA) is 32.8 Å². The molecule has 4 nitrogen and oxygen atoms in total. The van der Waals surface area contributed by atoms with Gasteiger partial charge in [-0.15, -0.1) is 0 Å². The first-order valence-corrected chi connectivity index (χ1v) is 6.87. The van der Waals surface area contributed by atoms with Crippen LogP contribution in [-0.4, -0.2) is 55.5 Å². The molecule has 0 aromatic heterocycles. The Morgan fingerprint density at radius 1 is 1.15 bits per heavy atom. The average molecular weight is 278 g/mol. The van der Waals surface area contributed by atoms with Crippen molar-refractivity contribution >= 4 is 5.91 Å². The van der Waals surface area contributed by atoms with E-state index < -0.39 is 0 Å². The lowest BCUT2D eigenvalue weighted by Gasteiger charge is -2.33. The number of hydrogen-bond donors (Lipinski definition) is 0. The lowest BCUT2D eigenvalue weighted by atomic mass is 10.1. The molecule has 0 fully saturated rings. The quantitative estimate of drug-likeness (QED) is 0.829. The van der Waals surface area contributed by atoms with Gasteiger partial charge in [-0.25, -0.2) is 0 Å². The normalized spacial score (nSPS) is 11.6. The summed E-state index contributed by atoms with van der Waals surface area (Å²) in [6, 6.07) is 7.32. The van der Waals surface area contributed by atoms with Crippen molar-refractivity contribution in [3.05, 3.63) is 29.8 Å². The van der Waals surface area contributed by atoms with Crippen LogP contribution in [0, 0.1) is 0 Å². The summed E-state index contributed by atoms with van der Waals surface area (Å²) in [6.45, 7) is 8.00. The second-order valence-corrected chi connectivity index (χ2v) is 6.02. The molecule has 1 rings (SSSR count). The van der Waals surface area contributed by atoms with Gasteiger partial charge in [0.2, 0.25) is 0 Å². The molecule has 0 saturated carbocycles. The molecule has 0 atom stereocenters. The van der Waals surface area contributed by atoms with Crippen molar-refractivity contribution in [1.29, 1.82) is 0 Å². The van der Waals surface area contributed by atoms with Crippen molar-refractivity contribution in [3.8, 4) is 5.75 Å². The summed E-state index contributed by atoms with van der Waals surface area (Å²) in [5.74, 6) is 0.610. The van der Waals surface area contributed by atoms with Gasteiger partial charge in [-0.2, -0.15) is 0 Å². The van der Waals surface area contributed by atoms with Crippen molar-refractivity contribution in [2.45, 2.75) is 26.3 Å². The first kappa shape index (κ1) is 16.5. The molecule has 4 heteroatoms. The Labute approximate surface area is 122 Å². The first-order chi connectivity index (χ1) is 9.27. The van der Waals surface area contributed by atoms with E-state index in [1.807, 2.05) is 25.2 Å². The second kappa shape index (κ2) is 6.75. The van der Waals surface area contributed by atoms with Crippen LogP contribution in [0.3, 0.4) is 0 Å². The van der Waals surface area contributed by atoms with Crippen LogP contribution in [0.25, 0.3) is 0 Å². The van der Waals surface area contributed by atoms with E-state index in [-0.39, 0.29) is 11.4 Å². The summed E-state index contributed by atoms with van der Waals surface area (Å²) >= 11 is 0. The lowest BCUT2D eigenvalue weighted by molar-refractivity contribution is 0.0754. The van der Waals surface area contributed by atoms with Crippen LogP contribution in [0.4, 0.5) is 0 Å². The number of hydrogen-bond acceptors (Lipinski definition) is 3. The highest BCUT2D eigenvalue weighted by Crippen LogP contribution is 2.19. The number of nitrogens with zero attached hydrogens (tertiary/aromatic N) is 2. The third kappa shape index (κ3) is 4.23. The Morgan fingerprint density at radius 2 is 1.75 bits per heavy atom. The molecule has 112 valence electrons. The van der Waals surface area contributed by atoms with E-state index in [9.17, 15) is 4.79 Å². The van der Waals surface area contributed by atoms with Crippen LogP contribution in [0.15, 0.2) is 24.3 Å². The molecule has 0 aliphatic heterocycles. The number of amides is 1. The van der Waals surface area contributed by atoms with Crippen molar-refractivity contribution in [2.75, 3.05) is 34.3 Å². The monoisotopic (exact) mass is 278 g/mol. The van der Waals surface area contributed by atoms with Crippen LogP contribution >= 0.6 is 0 Å². The molecule has 0 spiro atoms. The number of rotatable bonds is 5. The van der Waals surface area contributed by atoms with Gasteiger partial charge in [-0.1, -0.05) is 12.1 Å². The third-order valence-electron chi connectivity index (χ3n) is 3.60. The van der Waals surface area contributed by atoms with Gasteiger partial charge in [0.1, 0.15) is 5.75 Å². The standard InChI is InChI=1S/C16H26N2O2/c1-16(2,3)18(5)12-11-17(4)15(19)13-9-7-8-10-14(13)20-6/h7-10H,11-12H2,1-6H3. The highest BCUT2D eigenvalue weighted by atomic mass is 16.5.